The average Bonchev–Trinajstić information content (AvgIpc) is 2.40. The molecule has 4 unspecified atom stereocenters. The number of nitrogens with zero attached hydrogens (tertiary/aromatic N) is 1. The number of hydrogen-bond acceptors (Lipinski definition) is 2. The van der Waals surface area contributed by atoms with Crippen molar-refractivity contribution in [2.75, 3.05) is 6.54 Å². The van der Waals surface area contributed by atoms with Crippen LogP contribution in [0.4, 0.5) is 0 Å². The van der Waals surface area contributed by atoms with E-state index in [0.29, 0.717) is 12.0 Å². The monoisotopic (exact) mass is 216 g/mol. The number of hydrogen-bond donors (Lipinski definition) is 1. The third kappa shape index (κ3) is 1.75. The second-order valence-corrected chi connectivity index (χ2v) is 5.25. The maximum absolute atomic E-state index is 11.7. The van der Waals surface area contributed by atoms with E-state index in [1.165, 1.54) is 0 Å². The molecular formula is C10H17ClN2O. The predicted octanol–water partition coefficient (Wildman–Crippen LogP) is 0.952. The average molecular weight is 217 g/mol. The molecule has 2 bridgehead atoms. The maximum atomic E-state index is 11.7. The van der Waals surface area contributed by atoms with E-state index in [1.807, 2.05) is 4.90 Å². The van der Waals surface area contributed by atoms with E-state index >= 15 is 0 Å². The Morgan fingerprint density at radius 3 is 2.86 bits per heavy atom. The number of rotatable bonds is 1. The standard InChI is InChI=1S/C10H17ClN2O/c1-6(11)10(14)13-5-7-2-8(12)4-9(13)3-7/h6-9H,2-5,12H2,1H3. The summed E-state index contributed by atoms with van der Waals surface area (Å²) in [5.41, 5.74) is 5.92. The van der Waals surface area contributed by atoms with E-state index in [4.69, 9.17) is 17.3 Å². The second kappa shape index (κ2) is 3.70. The number of alkyl halides is 1. The van der Waals surface area contributed by atoms with Gasteiger partial charge in [0.15, 0.2) is 0 Å². The van der Waals surface area contributed by atoms with E-state index in [0.717, 1.165) is 25.8 Å². The van der Waals surface area contributed by atoms with Gasteiger partial charge in [0.25, 0.3) is 0 Å². The minimum absolute atomic E-state index is 0.0771. The highest BCUT2D eigenvalue weighted by Gasteiger charge is 2.41. The topological polar surface area (TPSA) is 46.3 Å². The molecular weight excluding hydrogens is 200 g/mol. The normalized spacial score (nSPS) is 38.5. The van der Waals surface area contributed by atoms with Crippen LogP contribution in [0.1, 0.15) is 26.2 Å². The zero-order valence-electron chi connectivity index (χ0n) is 8.45. The van der Waals surface area contributed by atoms with Crippen LogP contribution in [0.3, 0.4) is 0 Å². The Morgan fingerprint density at radius 2 is 2.21 bits per heavy atom. The summed E-state index contributed by atoms with van der Waals surface area (Å²) in [5, 5.41) is -0.398. The number of carbonyl (C=O) groups excluding carboxylic acids is 1. The van der Waals surface area contributed by atoms with Crippen LogP contribution in [0.5, 0.6) is 0 Å². The molecule has 2 fully saturated rings. The second-order valence-electron chi connectivity index (χ2n) is 4.59. The third-order valence-corrected chi connectivity index (χ3v) is 3.52. The molecule has 2 N–H and O–H groups in total. The summed E-state index contributed by atoms with van der Waals surface area (Å²) in [4.78, 5) is 13.7. The molecule has 0 aromatic rings. The van der Waals surface area contributed by atoms with Gasteiger partial charge in [-0.05, 0) is 32.1 Å². The highest BCUT2D eigenvalue weighted by atomic mass is 35.5. The quantitative estimate of drug-likeness (QED) is 0.664. The van der Waals surface area contributed by atoms with Gasteiger partial charge in [-0.1, -0.05) is 0 Å². The molecule has 1 heterocycles. The van der Waals surface area contributed by atoms with Gasteiger partial charge in [0, 0.05) is 18.6 Å². The summed E-state index contributed by atoms with van der Waals surface area (Å²) in [6.45, 7) is 2.61. The van der Waals surface area contributed by atoms with Gasteiger partial charge in [0.2, 0.25) is 5.91 Å². The number of likely N-dealkylation sites (tertiary alicyclic amines) is 1. The van der Waals surface area contributed by atoms with Crippen LogP contribution in [0.2, 0.25) is 0 Å². The van der Waals surface area contributed by atoms with E-state index in [9.17, 15) is 4.79 Å². The van der Waals surface area contributed by atoms with Crippen LogP contribution < -0.4 is 5.73 Å². The van der Waals surface area contributed by atoms with Crippen molar-refractivity contribution in [3.05, 3.63) is 0 Å². The molecule has 4 heteroatoms. The largest absolute Gasteiger partial charge is 0.338 e. The summed E-state index contributed by atoms with van der Waals surface area (Å²) in [6, 6.07) is 0.639. The van der Waals surface area contributed by atoms with Gasteiger partial charge in [0.05, 0.1) is 0 Å². The molecule has 1 saturated heterocycles. The number of carbonyl (C=O) groups is 1. The van der Waals surface area contributed by atoms with Crippen molar-refractivity contribution in [1.82, 2.24) is 4.90 Å². The van der Waals surface area contributed by atoms with Crippen molar-refractivity contribution < 1.29 is 4.79 Å². The predicted molar refractivity (Wildman–Crippen MR) is 56.1 cm³/mol. The first kappa shape index (κ1) is 10.2. The summed E-state index contributed by atoms with van der Waals surface area (Å²) >= 11 is 5.81. The first-order valence-corrected chi connectivity index (χ1v) is 5.71. The summed E-state index contributed by atoms with van der Waals surface area (Å²) in [5.74, 6) is 0.691. The lowest BCUT2D eigenvalue weighted by atomic mass is 9.87. The molecule has 1 saturated carbocycles. The van der Waals surface area contributed by atoms with E-state index < -0.39 is 5.38 Å². The van der Waals surface area contributed by atoms with Crippen LogP contribution in [0.15, 0.2) is 0 Å². The van der Waals surface area contributed by atoms with Crippen molar-refractivity contribution in [3.8, 4) is 0 Å². The van der Waals surface area contributed by atoms with Crippen molar-refractivity contribution in [2.24, 2.45) is 11.7 Å². The molecule has 0 aromatic carbocycles. The fraction of sp³-hybridized carbons (Fsp3) is 0.900. The molecule has 1 aliphatic heterocycles. The molecule has 0 aromatic heterocycles. The van der Waals surface area contributed by atoms with Crippen LogP contribution in [-0.4, -0.2) is 34.8 Å². The van der Waals surface area contributed by atoms with Gasteiger partial charge >= 0.3 is 0 Å². The lowest BCUT2D eigenvalue weighted by molar-refractivity contribution is -0.131. The molecule has 1 aliphatic carbocycles. The van der Waals surface area contributed by atoms with Crippen molar-refractivity contribution in [1.29, 1.82) is 0 Å². The van der Waals surface area contributed by atoms with Crippen LogP contribution in [0, 0.1) is 5.92 Å². The maximum Gasteiger partial charge on any atom is 0.240 e. The zero-order chi connectivity index (χ0) is 10.3. The SMILES string of the molecule is CC(Cl)C(=O)N1CC2CC(N)CC1C2. The van der Waals surface area contributed by atoms with Crippen molar-refractivity contribution in [2.45, 2.75) is 43.6 Å². The zero-order valence-corrected chi connectivity index (χ0v) is 9.20. The minimum Gasteiger partial charge on any atom is -0.338 e. The smallest absolute Gasteiger partial charge is 0.240 e. The van der Waals surface area contributed by atoms with Gasteiger partial charge in [-0.2, -0.15) is 0 Å². The highest BCUT2D eigenvalue weighted by molar-refractivity contribution is 6.30. The molecule has 14 heavy (non-hydrogen) atoms. The van der Waals surface area contributed by atoms with Crippen LogP contribution in [-0.2, 0) is 4.79 Å². The Bertz CT molecular complexity index is 244. The fourth-order valence-electron chi connectivity index (χ4n) is 2.78. The Morgan fingerprint density at radius 1 is 1.50 bits per heavy atom. The molecule has 80 valence electrons. The summed E-state index contributed by atoms with van der Waals surface area (Å²) in [7, 11) is 0. The Hall–Kier alpha value is -0.280. The Labute approximate surface area is 89.6 Å². The van der Waals surface area contributed by atoms with E-state index in [-0.39, 0.29) is 11.9 Å². The summed E-state index contributed by atoms with van der Waals surface area (Å²) < 4.78 is 0. The van der Waals surface area contributed by atoms with Gasteiger partial charge < -0.3 is 10.6 Å². The van der Waals surface area contributed by atoms with Gasteiger partial charge in [0.1, 0.15) is 5.38 Å². The van der Waals surface area contributed by atoms with Crippen LogP contribution >= 0.6 is 11.6 Å². The first-order valence-electron chi connectivity index (χ1n) is 5.28. The van der Waals surface area contributed by atoms with Gasteiger partial charge in [-0.25, -0.2) is 0 Å². The summed E-state index contributed by atoms with van der Waals surface area (Å²) in [6.07, 6.45) is 3.14. The molecule has 0 radical (unpaired) electrons. The van der Waals surface area contributed by atoms with E-state index in [2.05, 4.69) is 0 Å². The van der Waals surface area contributed by atoms with Crippen molar-refractivity contribution in [3.63, 3.8) is 0 Å². The number of amides is 1. The molecule has 0 spiro atoms. The molecule has 4 atom stereocenters. The highest BCUT2D eigenvalue weighted by Crippen LogP contribution is 2.35. The van der Waals surface area contributed by atoms with Gasteiger partial charge in [-0.15, -0.1) is 11.6 Å². The molecule has 3 nitrogen and oxygen atoms in total. The van der Waals surface area contributed by atoms with Gasteiger partial charge in [-0.3, -0.25) is 4.79 Å². The van der Waals surface area contributed by atoms with Crippen LogP contribution in [0.25, 0.3) is 0 Å². The fourth-order valence-corrected chi connectivity index (χ4v) is 2.91. The third-order valence-electron chi connectivity index (χ3n) is 3.34. The van der Waals surface area contributed by atoms with Crippen molar-refractivity contribution >= 4 is 17.5 Å². The molecule has 2 aliphatic rings. The molecule has 2 rings (SSSR count). The lowest BCUT2D eigenvalue weighted by Gasteiger charge is -2.28. The number of fused-ring (bicyclic) bond motifs is 2. The minimum atomic E-state index is -0.398. The number of halogens is 1. The Kier molecular flexibility index (Phi) is 2.71. The van der Waals surface area contributed by atoms with E-state index in [1.54, 1.807) is 6.92 Å². The first-order chi connectivity index (χ1) is 6.58. The Balaban J connectivity index is 2.06. The molecule has 1 amide bonds. The number of nitrogens with two attached hydrogens (primary N) is 1. The lowest BCUT2D eigenvalue weighted by Crippen LogP contribution is -2.41.